The normalized spacial score (nSPS) is 13.1. The van der Waals surface area contributed by atoms with Crippen LogP contribution in [-0.2, 0) is 11.8 Å². The molecule has 0 spiro atoms. The quantitative estimate of drug-likeness (QED) is 0.0968. The van der Waals surface area contributed by atoms with Crippen molar-refractivity contribution in [1.29, 1.82) is 0 Å². The van der Waals surface area contributed by atoms with Crippen molar-refractivity contribution in [1.82, 2.24) is 5.32 Å². The molecule has 11 heteroatoms. The molecule has 48 heavy (non-hydrogen) atoms. The number of hydrogen-bond acceptors (Lipinski definition) is 7. The van der Waals surface area contributed by atoms with E-state index in [0.29, 0.717) is 34.6 Å². The van der Waals surface area contributed by atoms with Crippen LogP contribution in [0.15, 0.2) is 103 Å². The topological polar surface area (TPSA) is 143 Å². The van der Waals surface area contributed by atoms with Gasteiger partial charge >= 0.3 is 5.69 Å². The summed E-state index contributed by atoms with van der Waals surface area (Å²) >= 11 is 0. The lowest BCUT2D eigenvalue weighted by Crippen LogP contribution is -2.40. The molecule has 1 heterocycles. The number of nitro benzene ring substituents is 1. The molecule has 1 atom stereocenters. The molecule has 0 fully saturated rings. The molecule has 0 saturated heterocycles. The van der Waals surface area contributed by atoms with E-state index in [9.17, 15) is 29.2 Å². The van der Waals surface area contributed by atoms with Crippen LogP contribution in [0.4, 0.5) is 27.1 Å². The number of fused-ring (bicyclic) bond motifs is 2. The number of para-hydroxylation sites is 1. The Bertz CT molecular complexity index is 2070. The van der Waals surface area contributed by atoms with Crippen LogP contribution in [0.5, 0.6) is 11.5 Å². The summed E-state index contributed by atoms with van der Waals surface area (Å²) in [6, 6.07) is 27.9. The number of phenolic OH excluding ortho intramolecular Hbond substituents is 1. The number of carbonyl (C=O) groups excluding carboxylic acids is 2. The number of phenols is 1. The number of aromatic hydroxyl groups is 1. The number of nitrogens with zero attached hydrogens (tertiary/aromatic N) is 1. The summed E-state index contributed by atoms with van der Waals surface area (Å²) in [7, 11) is 1.37. The number of carbonyl (C=O) groups is 2. The van der Waals surface area contributed by atoms with Crippen molar-refractivity contribution >= 4 is 34.6 Å². The highest BCUT2D eigenvalue weighted by Gasteiger charge is 2.30. The predicted octanol–water partition coefficient (Wildman–Crippen LogP) is 7.35. The first-order valence-electron chi connectivity index (χ1n) is 15.0. The molecule has 0 bridgehead atoms. The smallest absolute Gasteiger partial charge is 0.310 e. The molecule has 0 radical (unpaired) electrons. The number of nitro groups is 1. The van der Waals surface area contributed by atoms with Gasteiger partial charge in [0, 0.05) is 18.0 Å². The zero-order valence-corrected chi connectivity index (χ0v) is 26.0. The molecule has 5 aromatic carbocycles. The van der Waals surface area contributed by atoms with Gasteiger partial charge in [0.25, 0.3) is 11.8 Å². The molecule has 1 unspecified atom stereocenters. The molecule has 1 aliphatic heterocycles. The number of amides is 2. The SMILES string of the molecule is COc1cc(-c2ccc3c(c2)Nc2ccc(C(C)(CNC(=O)c4ccccc4O)Cc4ccc(F)cc4)cc2NC3=O)ccc1[N+](=O)[O-]. The second-order valence-electron chi connectivity index (χ2n) is 11.8. The maximum atomic E-state index is 13.7. The predicted molar refractivity (Wildman–Crippen MR) is 181 cm³/mol. The van der Waals surface area contributed by atoms with Crippen LogP contribution in [0.1, 0.15) is 38.8 Å². The second kappa shape index (κ2) is 12.9. The van der Waals surface area contributed by atoms with Gasteiger partial charge in [0.15, 0.2) is 5.75 Å². The Kier molecular flexibility index (Phi) is 8.51. The van der Waals surface area contributed by atoms with Crippen LogP contribution in [0.25, 0.3) is 11.1 Å². The zero-order valence-electron chi connectivity index (χ0n) is 26.0. The summed E-state index contributed by atoms with van der Waals surface area (Å²) in [5.74, 6) is -1.15. The van der Waals surface area contributed by atoms with Crippen molar-refractivity contribution < 1.29 is 28.7 Å². The molecular weight excluding hydrogens is 615 g/mol. The van der Waals surface area contributed by atoms with Crippen molar-refractivity contribution in [3.63, 3.8) is 0 Å². The minimum Gasteiger partial charge on any atom is -0.507 e. The minimum absolute atomic E-state index is 0.122. The molecule has 4 N–H and O–H groups in total. The third kappa shape index (κ3) is 6.38. The maximum absolute atomic E-state index is 13.7. The Balaban J connectivity index is 1.32. The average Bonchev–Trinajstić information content (AvgIpc) is 3.22. The van der Waals surface area contributed by atoms with Gasteiger partial charge in [-0.05, 0) is 89.3 Å². The van der Waals surface area contributed by atoms with Gasteiger partial charge < -0.3 is 25.8 Å². The van der Waals surface area contributed by atoms with Crippen molar-refractivity contribution in [2.45, 2.75) is 18.8 Å². The van der Waals surface area contributed by atoms with Gasteiger partial charge in [-0.3, -0.25) is 19.7 Å². The van der Waals surface area contributed by atoms with Crippen LogP contribution in [0.2, 0.25) is 0 Å². The Morgan fingerprint density at radius 2 is 1.65 bits per heavy atom. The number of hydrogen-bond donors (Lipinski definition) is 4. The molecule has 6 rings (SSSR count). The lowest BCUT2D eigenvalue weighted by atomic mass is 9.76. The number of rotatable bonds is 9. The van der Waals surface area contributed by atoms with E-state index < -0.39 is 16.2 Å². The lowest BCUT2D eigenvalue weighted by molar-refractivity contribution is -0.385. The van der Waals surface area contributed by atoms with E-state index in [1.807, 2.05) is 25.1 Å². The highest BCUT2D eigenvalue weighted by molar-refractivity contribution is 6.12. The third-order valence-corrected chi connectivity index (χ3v) is 8.50. The van der Waals surface area contributed by atoms with Gasteiger partial charge in [-0.25, -0.2) is 4.39 Å². The molecule has 0 aromatic heterocycles. The molecule has 0 saturated carbocycles. The van der Waals surface area contributed by atoms with Gasteiger partial charge in [0.05, 0.1) is 40.2 Å². The third-order valence-electron chi connectivity index (χ3n) is 8.50. The Morgan fingerprint density at radius 1 is 0.917 bits per heavy atom. The van der Waals surface area contributed by atoms with Crippen LogP contribution in [0, 0.1) is 15.9 Å². The fraction of sp³-hybridized carbons (Fsp3) is 0.135. The van der Waals surface area contributed by atoms with E-state index in [0.717, 1.165) is 16.7 Å². The van der Waals surface area contributed by atoms with E-state index in [-0.39, 0.29) is 41.0 Å². The van der Waals surface area contributed by atoms with Gasteiger partial charge in [-0.1, -0.05) is 43.3 Å². The standard InChI is InChI=1S/C37H31FN4O6/c1-37(20-22-7-12-26(38)13-8-22,21-39-35(44)28-5-3-4-6-33(28)43)25-11-15-29-31(19-25)41-36(45)27-14-9-23(17-30(27)40-29)24-10-16-32(42(46)47)34(18-24)48-2/h3-19,40,43H,20-21H2,1-2H3,(H,39,44)(H,41,45). The van der Waals surface area contributed by atoms with Crippen LogP contribution in [-0.4, -0.2) is 35.5 Å². The summed E-state index contributed by atoms with van der Waals surface area (Å²) in [5.41, 5.74) is 4.39. The first-order chi connectivity index (χ1) is 23.0. The number of ether oxygens (including phenoxy) is 1. The van der Waals surface area contributed by atoms with Gasteiger partial charge in [-0.2, -0.15) is 0 Å². The Hall–Kier alpha value is -6.23. The largest absolute Gasteiger partial charge is 0.507 e. The molecule has 5 aromatic rings. The number of nitrogens with one attached hydrogen (secondary N) is 3. The molecule has 1 aliphatic rings. The van der Waals surface area contributed by atoms with Gasteiger partial charge in [0.2, 0.25) is 0 Å². The first-order valence-corrected chi connectivity index (χ1v) is 15.0. The van der Waals surface area contributed by atoms with E-state index in [4.69, 9.17) is 4.74 Å². The Labute approximate surface area is 275 Å². The molecule has 2 amide bonds. The Morgan fingerprint density at radius 3 is 2.38 bits per heavy atom. The van der Waals surface area contributed by atoms with Crippen LogP contribution in [0.3, 0.4) is 0 Å². The van der Waals surface area contributed by atoms with Crippen molar-refractivity contribution in [2.75, 3.05) is 24.3 Å². The van der Waals surface area contributed by atoms with Crippen molar-refractivity contribution in [3.05, 3.63) is 141 Å². The lowest BCUT2D eigenvalue weighted by Gasteiger charge is -2.32. The monoisotopic (exact) mass is 646 g/mol. The molecular formula is C37H31FN4O6. The maximum Gasteiger partial charge on any atom is 0.310 e. The van der Waals surface area contributed by atoms with E-state index in [1.54, 1.807) is 54.6 Å². The van der Waals surface area contributed by atoms with Crippen molar-refractivity contribution in [3.8, 4) is 22.6 Å². The average molecular weight is 647 g/mol. The van der Waals surface area contributed by atoms with E-state index in [1.165, 1.54) is 37.4 Å². The summed E-state index contributed by atoms with van der Waals surface area (Å²) in [6.07, 6.45) is 0.427. The number of methoxy groups -OCH3 is 1. The second-order valence-corrected chi connectivity index (χ2v) is 11.8. The summed E-state index contributed by atoms with van der Waals surface area (Å²) < 4.78 is 19.0. The summed E-state index contributed by atoms with van der Waals surface area (Å²) in [4.78, 5) is 37.4. The number of halogens is 1. The molecule has 10 nitrogen and oxygen atoms in total. The number of anilines is 3. The van der Waals surface area contributed by atoms with E-state index in [2.05, 4.69) is 16.0 Å². The zero-order chi connectivity index (χ0) is 34.0. The summed E-state index contributed by atoms with van der Waals surface area (Å²) in [5, 5.41) is 30.9. The number of benzene rings is 5. The highest BCUT2D eigenvalue weighted by atomic mass is 19.1. The van der Waals surface area contributed by atoms with Gasteiger partial charge in [-0.15, -0.1) is 0 Å². The van der Waals surface area contributed by atoms with Gasteiger partial charge in [0.1, 0.15) is 11.6 Å². The first kappa shape index (κ1) is 31.7. The molecule has 242 valence electrons. The fourth-order valence-corrected chi connectivity index (χ4v) is 5.86. The van der Waals surface area contributed by atoms with E-state index >= 15 is 0 Å². The summed E-state index contributed by atoms with van der Waals surface area (Å²) in [6.45, 7) is 2.13. The molecule has 0 aliphatic carbocycles. The highest BCUT2D eigenvalue weighted by Crippen LogP contribution is 2.39. The fourth-order valence-electron chi connectivity index (χ4n) is 5.86. The van der Waals surface area contributed by atoms with Crippen LogP contribution >= 0.6 is 0 Å². The van der Waals surface area contributed by atoms with Crippen LogP contribution < -0.4 is 20.7 Å². The van der Waals surface area contributed by atoms with Crippen molar-refractivity contribution in [2.24, 2.45) is 0 Å². The minimum atomic E-state index is -0.723.